The van der Waals surface area contributed by atoms with Crippen LogP contribution in [0.25, 0.3) is 0 Å². The van der Waals surface area contributed by atoms with Crippen LogP contribution in [0.15, 0.2) is 60.7 Å². The zero-order chi connectivity index (χ0) is 13.9. The van der Waals surface area contributed by atoms with Crippen LogP contribution >= 0.6 is 12.6 Å². The molecule has 1 aliphatic rings. The number of hydrogen-bond acceptors (Lipinski definition) is 2. The Hall–Kier alpha value is -1.74. The molecule has 102 valence electrons. The van der Waals surface area contributed by atoms with Gasteiger partial charge in [0, 0.05) is 18.2 Å². The summed E-state index contributed by atoms with van der Waals surface area (Å²) in [5.41, 5.74) is 2.30. The van der Waals surface area contributed by atoms with Crippen LogP contribution in [0.1, 0.15) is 23.6 Å². The molecule has 3 heteroatoms. The van der Waals surface area contributed by atoms with Gasteiger partial charge in [-0.25, -0.2) is 0 Å². The predicted octanol–water partition coefficient (Wildman–Crippen LogP) is 3.31. The molecule has 1 amide bonds. The van der Waals surface area contributed by atoms with E-state index >= 15 is 0 Å². The van der Waals surface area contributed by atoms with Crippen molar-refractivity contribution in [1.29, 1.82) is 0 Å². The number of thiol groups is 1. The van der Waals surface area contributed by atoms with Crippen LogP contribution in [0, 0.1) is 0 Å². The SMILES string of the molecule is O=C1CC(S)CN1C(c1ccccc1)c1ccccc1. The van der Waals surface area contributed by atoms with Gasteiger partial charge in [0.25, 0.3) is 0 Å². The smallest absolute Gasteiger partial charge is 0.224 e. The minimum absolute atomic E-state index is 0.0120. The number of carbonyl (C=O) groups excluding carboxylic acids is 1. The summed E-state index contributed by atoms with van der Waals surface area (Å²) in [6.45, 7) is 0.705. The highest BCUT2D eigenvalue weighted by Crippen LogP contribution is 2.33. The van der Waals surface area contributed by atoms with Crippen molar-refractivity contribution in [3.63, 3.8) is 0 Å². The van der Waals surface area contributed by atoms with Gasteiger partial charge in [-0.05, 0) is 11.1 Å². The molecule has 1 atom stereocenters. The van der Waals surface area contributed by atoms with Crippen LogP contribution < -0.4 is 0 Å². The van der Waals surface area contributed by atoms with E-state index < -0.39 is 0 Å². The van der Waals surface area contributed by atoms with E-state index in [4.69, 9.17) is 0 Å². The molecule has 1 saturated heterocycles. The molecule has 1 aliphatic heterocycles. The van der Waals surface area contributed by atoms with Crippen molar-refractivity contribution in [3.05, 3.63) is 71.8 Å². The lowest BCUT2D eigenvalue weighted by molar-refractivity contribution is -0.129. The summed E-state index contributed by atoms with van der Waals surface area (Å²) in [5.74, 6) is 0.183. The first-order chi connectivity index (χ1) is 9.75. The summed E-state index contributed by atoms with van der Waals surface area (Å²) in [5, 5.41) is 0.137. The molecular formula is C17H17NOS. The summed E-state index contributed by atoms with van der Waals surface area (Å²) in [7, 11) is 0. The topological polar surface area (TPSA) is 20.3 Å². The number of nitrogens with zero attached hydrogens (tertiary/aromatic N) is 1. The Morgan fingerprint density at radius 2 is 1.45 bits per heavy atom. The molecular weight excluding hydrogens is 266 g/mol. The monoisotopic (exact) mass is 283 g/mol. The fraction of sp³-hybridized carbons (Fsp3) is 0.235. The van der Waals surface area contributed by atoms with Crippen molar-refractivity contribution in [2.75, 3.05) is 6.54 Å². The van der Waals surface area contributed by atoms with E-state index in [2.05, 4.69) is 36.9 Å². The highest BCUT2D eigenvalue weighted by atomic mass is 32.1. The first-order valence-corrected chi connectivity index (χ1v) is 7.35. The van der Waals surface area contributed by atoms with Crippen molar-refractivity contribution < 1.29 is 4.79 Å². The number of hydrogen-bond donors (Lipinski definition) is 1. The van der Waals surface area contributed by atoms with Gasteiger partial charge in [0.1, 0.15) is 0 Å². The van der Waals surface area contributed by atoms with Gasteiger partial charge in [-0.1, -0.05) is 60.7 Å². The molecule has 1 heterocycles. The molecule has 3 rings (SSSR count). The Morgan fingerprint density at radius 3 is 1.85 bits per heavy atom. The molecule has 1 fully saturated rings. The summed E-state index contributed by atoms with van der Waals surface area (Å²) in [4.78, 5) is 14.2. The Morgan fingerprint density at radius 1 is 0.950 bits per heavy atom. The van der Waals surface area contributed by atoms with Crippen LogP contribution in [0.3, 0.4) is 0 Å². The molecule has 0 aliphatic carbocycles. The summed E-state index contributed by atoms with van der Waals surface area (Å²) >= 11 is 4.47. The highest BCUT2D eigenvalue weighted by Gasteiger charge is 2.34. The maximum absolute atomic E-state index is 12.2. The van der Waals surface area contributed by atoms with E-state index in [1.165, 1.54) is 0 Å². The van der Waals surface area contributed by atoms with Crippen LogP contribution in [-0.4, -0.2) is 22.6 Å². The van der Waals surface area contributed by atoms with E-state index in [9.17, 15) is 4.79 Å². The maximum Gasteiger partial charge on any atom is 0.224 e. The average Bonchev–Trinajstić information content (AvgIpc) is 2.80. The minimum Gasteiger partial charge on any atom is -0.330 e. The number of amides is 1. The molecule has 1 unspecified atom stereocenters. The second-order valence-corrected chi connectivity index (χ2v) is 5.86. The third-order valence-electron chi connectivity index (χ3n) is 3.68. The average molecular weight is 283 g/mol. The van der Waals surface area contributed by atoms with Crippen molar-refractivity contribution in [1.82, 2.24) is 4.90 Å². The first-order valence-electron chi connectivity index (χ1n) is 6.83. The zero-order valence-electron chi connectivity index (χ0n) is 11.1. The van der Waals surface area contributed by atoms with Gasteiger partial charge in [-0.3, -0.25) is 4.79 Å². The van der Waals surface area contributed by atoms with E-state index in [1.54, 1.807) is 0 Å². The summed E-state index contributed by atoms with van der Waals surface area (Å²) in [6.07, 6.45) is 0.527. The molecule has 0 aromatic heterocycles. The van der Waals surface area contributed by atoms with E-state index in [-0.39, 0.29) is 17.2 Å². The second-order valence-electron chi connectivity index (χ2n) is 5.13. The fourth-order valence-electron chi connectivity index (χ4n) is 2.78. The minimum atomic E-state index is -0.0120. The normalized spacial score (nSPS) is 18.8. The molecule has 2 aromatic rings. The van der Waals surface area contributed by atoms with Crippen molar-refractivity contribution in [2.45, 2.75) is 17.7 Å². The molecule has 0 spiro atoms. The standard InChI is InChI=1S/C17H17NOS/c19-16-11-15(20)12-18(16)17(13-7-3-1-4-8-13)14-9-5-2-6-10-14/h1-10,15,17,20H,11-12H2. The largest absolute Gasteiger partial charge is 0.330 e. The van der Waals surface area contributed by atoms with Crippen LogP contribution in [0.5, 0.6) is 0 Å². The number of likely N-dealkylation sites (tertiary alicyclic amines) is 1. The lowest BCUT2D eigenvalue weighted by atomic mass is 9.97. The van der Waals surface area contributed by atoms with Crippen LogP contribution in [0.2, 0.25) is 0 Å². The molecule has 2 nitrogen and oxygen atoms in total. The molecule has 20 heavy (non-hydrogen) atoms. The van der Waals surface area contributed by atoms with Gasteiger partial charge in [-0.2, -0.15) is 12.6 Å². The number of rotatable bonds is 3. The van der Waals surface area contributed by atoms with Gasteiger partial charge >= 0.3 is 0 Å². The molecule has 0 bridgehead atoms. The summed E-state index contributed by atoms with van der Waals surface area (Å²) in [6, 6.07) is 20.4. The zero-order valence-corrected chi connectivity index (χ0v) is 12.0. The Labute approximate surface area is 124 Å². The predicted molar refractivity (Wildman–Crippen MR) is 83.8 cm³/mol. The van der Waals surface area contributed by atoms with E-state index in [0.717, 1.165) is 11.1 Å². The Bertz CT molecular complexity index is 545. The fourth-order valence-corrected chi connectivity index (χ4v) is 3.12. The highest BCUT2D eigenvalue weighted by molar-refractivity contribution is 7.81. The summed E-state index contributed by atoms with van der Waals surface area (Å²) < 4.78 is 0. The molecule has 0 saturated carbocycles. The third-order valence-corrected chi connectivity index (χ3v) is 4.03. The Balaban J connectivity index is 2.03. The Kier molecular flexibility index (Phi) is 3.79. The van der Waals surface area contributed by atoms with Gasteiger partial charge in [-0.15, -0.1) is 0 Å². The lowest BCUT2D eigenvalue weighted by Crippen LogP contribution is -2.31. The lowest BCUT2D eigenvalue weighted by Gasteiger charge is -2.29. The third kappa shape index (κ3) is 2.59. The number of carbonyl (C=O) groups is 1. The van der Waals surface area contributed by atoms with Gasteiger partial charge in [0.05, 0.1) is 6.04 Å². The van der Waals surface area contributed by atoms with Crippen LogP contribution in [-0.2, 0) is 4.79 Å². The van der Waals surface area contributed by atoms with Crippen molar-refractivity contribution >= 4 is 18.5 Å². The number of benzene rings is 2. The molecule has 0 radical (unpaired) electrons. The first kappa shape index (κ1) is 13.3. The molecule has 0 N–H and O–H groups in total. The van der Waals surface area contributed by atoms with Crippen molar-refractivity contribution in [2.24, 2.45) is 0 Å². The van der Waals surface area contributed by atoms with Gasteiger partial charge in [0.2, 0.25) is 5.91 Å². The van der Waals surface area contributed by atoms with E-state index in [0.29, 0.717) is 13.0 Å². The van der Waals surface area contributed by atoms with Gasteiger partial charge in [0.15, 0.2) is 0 Å². The second kappa shape index (κ2) is 5.71. The van der Waals surface area contributed by atoms with E-state index in [1.807, 2.05) is 41.3 Å². The maximum atomic E-state index is 12.2. The molecule has 2 aromatic carbocycles. The van der Waals surface area contributed by atoms with Crippen LogP contribution in [0.4, 0.5) is 0 Å². The van der Waals surface area contributed by atoms with Crippen molar-refractivity contribution in [3.8, 4) is 0 Å². The van der Waals surface area contributed by atoms with Gasteiger partial charge < -0.3 is 4.90 Å². The quantitative estimate of drug-likeness (QED) is 0.857.